The van der Waals surface area contributed by atoms with Gasteiger partial charge in [-0.1, -0.05) is 11.6 Å². The van der Waals surface area contributed by atoms with Crippen LogP contribution in [-0.4, -0.2) is 33.6 Å². The summed E-state index contributed by atoms with van der Waals surface area (Å²) in [7, 11) is -3.91. The normalized spacial score (nSPS) is 11.1. The minimum Gasteiger partial charge on any atom is -0.454 e. The fraction of sp³-hybridized carbons (Fsp3) is 0. The van der Waals surface area contributed by atoms with Crippen LogP contribution in [0.1, 0.15) is 5.56 Å². The fourth-order valence-electron chi connectivity index (χ4n) is 2.45. The van der Waals surface area contributed by atoms with E-state index in [1.807, 2.05) is 6.07 Å². The number of ether oxygens (including phenoxy) is 1. The van der Waals surface area contributed by atoms with E-state index in [0.717, 1.165) is 11.3 Å². The van der Waals surface area contributed by atoms with Gasteiger partial charge in [-0.3, -0.25) is 4.72 Å². The zero-order valence-corrected chi connectivity index (χ0v) is 17.2. The molecule has 0 saturated heterocycles. The number of aromatic nitrogens is 5. The maximum absolute atomic E-state index is 12.5. The molecule has 0 spiro atoms. The lowest BCUT2D eigenvalue weighted by molar-refractivity contribution is 0.475. The highest BCUT2D eigenvalue weighted by Crippen LogP contribution is 2.33. The molecule has 0 atom stereocenters. The van der Waals surface area contributed by atoms with Gasteiger partial charge < -0.3 is 4.74 Å². The molecule has 4 aromatic rings. The molecule has 0 unspecified atom stereocenters. The Labute approximate surface area is 179 Å². The summed E-state index contributed by atoms with van der Waals surface area (Å²) in [6.07, 6.45) is 2.85. The van der Waals surface area contributed by atoms with Crippen LogP contribution >= 0.6 is 22.9 Å². The summed E-state index contributed by atoms with van der Waals surface area (Å²) < 4.78 is 34.7. The number of hydrogen-bond donors (Lipinski definition) is 1. The van der Waals surface area contributed by atoms with Crippen molar-refractivity contribution in [1.82, 2.24) is 25.2 Å². The van der Waals surface area contributed by atoms with E-state index in [0.29, 0.717) is 16.5 Å². The zero-order valence-electron chi connectivity index (χ0n) is 14.8. The highest BCUT2D eigenvalue weighted by molar-refractivity contribution is 7.93. The van der Waals surface area contributed by atoms with Gasteiger partial charge in [0.25, 0.3) is 10.0 Å². The molecule has 0 bridgehead atoms. The number of tetrazole rings is 1. The summed E-state index contributed by atoms with van der Waals surface area (Å²) in [5.41, 5.74) is 0.466. The molecule has 0 fully saturated rings. The lowest BCUT2D eigenvalue weighted by Gasteiger charge is -2.13. The molecule has 150 valence electrons. The van der Waals surface area contributed by atoms with Gasteiger partial charge in [0.05, 0.1) is 10.5 Å². The maximum Gasteiger partial charge on any atom is 0.263 e. The Morgan fingerprint density at radius 1 is 1.20 bits per heavy atom. The third-order valence-corrected chi connectivity index (χ3v) is 6.16. The number of halogens is 1. The van der Waals surface area contributed by atoms with E-state index in [4.69, 9.17) is 16.3 Å². The van der Waals surface area contributed by atoms with Gasteiger partial charge in [-0.15, -0.1) is 16.4 Å². The second-order valence-corrected chi connectivity index (χ2v) is 8.69. The summed E-state index contributed by atoms with van der Waals surface area (Å²) in [6, 6.07) is 10.7. The molecule has 1 N–H and O–H groups in total. The van der Waals surface area contributed by atoms with Crippen molar-refractivity contribution < 1.29 is 13.2 Å². The number of anilines is 1. The van der Waals surface area contributed by atoms with Crippen molar-refractivity contribution in [3.8, 4) is 23.3 Å². The van der Waals surface area contributed by atoms with Gasteiger partial charge in [0.1, 0.15) is 23.8 Å². The second-order valence-electron chi connectivity index (χ2n) is 5.68. The van der Waals surface area contributed by atoms with E-state index in [-0.39, 0.29) is 21.3 Å². The Morgan fingerprint density at radius 2 is 2.03 bits per heavy atom. The average molecular weight is 460 g/mol. The van der Waals surface area contributed by atoms with E-state index in [1.165, 1.54) is 35.4 Å². The molecule has 0 aliphatic rings. The van der Waals surface area contributed by atoms with Gasteiger partial charge in [-0.05, 0) is 46.8 Å². The predicted octanol–water partition coefficient (Wildman–Crippen LogP) is 3.24. The molecule has 0 aliphatic carbocycles. The third-order valence-electron chi connectivity index (χ3n) is 3.77. The summed E-state index contributed by atoms with van der Waals surface area (Å²) in [5.74, 6) is 0.474. The van der Waals surface area contributed by atoms with Crippen molar-refractivity contribution in [3.05, 3.63) is 64.9 Å². The van der Waals surface area contributed by atoms with Crippen LogP contribution < -0.4 is 9.46 Å². The molecular formula is C17H10ClN7O3S2. The summed E-state index contributed by atoms with van der Waals surface area (Å²) in [5, 5.41) is 22.8. The summed E-state index contributed by atoms with van der Waals surface area (Å²) in [6.45, 7) is 0. The number of nitriles is 1. The first-order valence-electron chi connectivity index (χ1n) is 8.13. The maximum atomic E-state index is 12.5. The Bertz CT molecular complexity index is 1330. The molecule has 2 aromatic heterocycles. The lowest BCUT2D eigenvalue weighted by Crippen LogP contribution is -2.13. The van der Waals surface area contributed by atoms with Crippen molar-refractivity contribution in [2.45, 2.75) is 4.90 Å². The number of thiazole rings is 1. The van der Waals surface area contributed by atoms with E-state index in [1.54, 1.807) is 23.6 Å². The molecule has 4 rings (SSSR count). The highest BCUT2D eigenvalue weighted by Gasteiger charge is 2.19. The molecular weight excluding hydrogens is 450 g/mol. The molecule has 2 heterocycles. The first-order valence-corrected chi connectivity index (χ1v) is 10.9. The van der Waals surface area contributed by atoms with E-state index < -0.39 is 10.0 Å². The van der Waals surface area contributed by atoms with Crippen LogP contribution in [0.25, 0.3) is 5.69 Å². The molecule has 13 heteroatoms. The number of hydrogen-bond acceptors (Lipinski definition) is 9. The molecule has 0 radical (unpaired) electrons. The SMILES string of the molecule is N#Cc1cc(S(=O)(=O)Nc2nccs2)ccc1Oc1ccc(Cl)cc1-n1cnnn1. The number of nitrogens with zero attached hydrogens (tertiary/aromatic N) is 6. The Kier molecular flexibility index (Phi) is 5.32. The van der Waals surface area contributed by atoms with Crippen LogP contribution in [0.2, 0.25) is 5.02 Å². The smallest absolute Gasteiger partial charge is 0.263 e. The first-order chi connectivity index (χ1) is 14.5. The molecule has 10 nitrogen and oxygen atoms in total. The Hall–Kier alpha value is -3.53. The lowest BCUT2D eigenvalue weighted by atomic mass is 10.2. The van der Waals surface area contributed by atoms with Crippen molar-refractivity contribution in [2.75, 3.05) is 4.72 Å². The van der Waals surface area contributed by atoms with Gasteiger partial charge in [-0.2, -0.15) is 9.94 Å². The fourth-order valence-corrected chi connectivity index (χ4v) is 4.43. The van der Waals surface area contributed by atoms with Crippen LogP contribution in [0.3, 0.4) is 0 Å². The van der Waals surface area contributed by atoms with E-state index in [9.17, 15) is 13.7 Å². The minimum absolute atomic E-state index is 0.0228. The standard InChI is InChI=1S/C17H10ClN7O3S2/c18-12-1-3-16(14(8-12)25-10-21-23-24-25)28-15-4-2-13(7-11(15)9-19)30(26,27)22-17-20-5-6-29-17/h1-8,10H,(H,20,22). The van der Waals surface area contributed by atoms with Crippen molar-refractivity contribution in [3.63, 3.8) is 0 Å². The van der Waals surface area contributed by atoms with Gasteiger partial charge >= 0.3 is 0 Å². The summed E-state index contributed by atoms with van der Waals surface area (Å²) in [4.78, 5) is 3.79. The number of sulfonamides is 1. The largest absolute Gasteiger partial charge is 0.454 e. The molecule has 2 aromatic carbocycles. The molecule has 0 amide bonds. The van der Waals surface area contributed by atoms with Crippen LogP contribution in [0.5, 0.6) is 11.5 Å². The first kappa shape index (κ1) is 19.8. The Balaban J connectivity index is 1.68. The van der Waals surface area contributed by atoms with Crippen LogP contribution in [-0.2, 0) is 10.0 Å². The quantitative estimate of drug-likeness (QED) is 0.464. The monoisotopic (exact) mass is 459 g/mol. The minimum atomic E-state index is -3.91. The number of nitrogens with one attached hydrogen (secondary N) is 1. The highest BCUT2D eigenvalue weighted by atomic mass is 35.5. The van der Waals surface area contributed by atoms with Gasteiger partial charge in [0.2, 0.25) is 0 Å². The topological polar surface area (TPSA) is 136 Å². The molecule has 30 heavy (non-hydrogen) atoms. The molecule has 0 aliphatic heterocycles. The predicted molar refractivity (Wildman–Crippen MR) is 108 cm³/mol. The van der Waals surface area contributed by atoms with Gasteiger partial charge in [0.15, 0.2) is 10.9 Å². The zero-order chi connectivity index (χ0) is 21.1. The van der Waals surface area contributed by atoms with Gasteiger partial charge in [0, 0.05) is 16.6 Å². The Morgan fingerprint density at radius 3 is 2.73 bits per heavy atom. The number of benzene rings is 2. The van der Waals surface area contributed by atoms with Gasteiger partial charge in [-0.25, -0.2) is 13.4 Å². The second kappa shape index (κ2) is 8.07. The third kappa shape index (κ3) is 4.08. The number of rotatable bonds is 6. The van der Waals surface area contributed by atoms with E-state index in [2.05, 4.69) is 25.2 Å². The van der Waals surface area contributed by atoms with Crippen molar-refractivity contribution >= 4 is 38.1 Å². The average Bonchev–Trinajstić information content (AvgIpc) is 3.43. The van der Waals surface area contributed by atoms with Crippen LogP contribution in [0.15, 0.2) is 59.2 Å². The van der Waals surface area contributed by atoms with E-state index >= 15 is 0 Å². The van der Waals surface area contributed by atoms with Crippen LogP contribution in [0.4, 0.5) is 5.13 Å². The van der Waals surface area contributed by atoms with Crippen molar-refractivity contribution in [2.24, 2.45) is 0 Å². The molecule has 0 saturated carbocycles. The van der Waals surface area contributed by atoms with Crippen LogP contribution in [0, 0.1) is 11.3 Å². The van der Waals surface area contributed by atoms with Crippen molar-refractivity contribution in [1.29, 1.82) is 5.26 Å². The summed E-state index contributed by atoms with van der Waals surface area (Å²) >= 11 is 7.20.